The first-order valence-electron chi connectivity index (χ1n) is 3.42. The molecular formula is C8H10ClNS. The summed E-state index contributed by atoms with van der Waals surface area (Å²) in [6.45, 7) is 2.11. The normalized spacial score (nSPS) is 10.0. The van der Waals surface area contributed by atoms with Crippen LogP contribution in [0.3, 0.4) is 0 Å². The standard InChI is InChI=1S/C8H10ClNS/c1-2-11-6-3-4-7(9)8(10)5-6/h3-5H,2,10H2,1H3. The highest BCUT2D eigenvalue weighted by molar-refractivity contribution is 7.99. The van der Waals surface area contributed by atoms with Crippen molar-refractivity contribution >= 4 is 29.1 Å². The monoisotopic (exact) mass is 187 g/mol. The molecule has 0 bridgehead atoms. The summed E-state index contributed by atoms with van der Waals surface area (Å²) in [4.78, 5) is 1.18. The van der Waals surface area contributed by atoms with Gasteiger partial charge in [-0.3, -0.25) is 0 Å². The number of thioether (sulfide) groups is 1. The summed E-state index contributed by atoms with van der Waals surface area (Å²) in [5.74, 6) is 1.06. The van der Waals surface area contributed by atoms with Crippen molar-refractivity contribution in [2.75, 3.05) is 11.5 Å². The quantitative estimate of drug-likeness (QED) is 0.569. The first-order valence-corrected chi connectivity index (χ1v) is 4.78. The van der Waals surface area contributed by atoms with Gasteiger partial charge in [0, 0.05) is 4.90 Å². The van der Waals surface area contributed by atoms with E-state index in [0.717, 1.165) is 5.75 Å². The lowest BCUT2D eigenvalue weighted by molar-refractivity contribution is 1.43. The van der Waals surface area contributed by atoms with E-state index in [1.165, 1.54) is 4.90 Å². The fourth-order valence-corrected chi connectivity index (χ4v) is 1.60. The summed E-state index contributed by atoms with van der Waals surface area (Å²) in [5.41, 5.74) is 6.26. The van der Waals surface area contributed by atoms with Crippen LogP contribution < -0.4 is 5.73 Å². The average molecular weight is 188 g/mol. The van der Waals surface area contributed by atoms with Gasteiger partial charge in [-0.2, -0.15) is 0 Å². The van der Waals surface area contributed by atoms with Gasteiger partial charge in [0.05, 0.1) is 10.7 Å². The minimum absolute atomic E-state index is 0.630. The number of hydrogen-bond donors (Lipinski definition) is 1. The molecule has 0 heterocycles. The second kappa shape index (κ2) is 3.88. The van der Waals surface area contributed by atoms with Crippen molar-refractivity contribution < 1.29 is 0 Å². The van der Waals surface area contributed by atoms with Crippen molar-refractivity contribution in [3.63, 3.8) is 0 Å². The van der Waals surface area contributed by atoms with E-state index in [4.69, 9.17) is 17.3 Å². The van der Waals surface area contributed by atoms with E-state index in [9.17, 15) is 0 Å². The zero-order chi connectivity index (χ0) is 8.27. The minimum atomic E-state index is 0.630. The van der Waals surface area contributed by atoms with Gasteiger partial charge in [-0.05, 0) is 24.0 Å². The molecule has 1 aromatic rings. The lowest BCUT2D eigenvalue weighted by Crippen LogP contribution is -1.85. The molecule has 3 heteroatoms. The Hall–Kier alpha value is -0.340. The lowest BCUT2D eigenvalue weighted by Gasteiger charge is -2.00. The maximum absolute atomic E-state index is 5.75. The Bertz CT molecular complexity index is 250. The highest BCUT2D eigenvalue weighted by Crippen LogP contribution is 2.25. The summed E-state index contributed by atoms with van der Waals surface area (Å²) < 4.78 is 0. The number of nitrogen functional groups attached to an aromatic ring is 1. The molecule has 0 aromatic heterocycles. The summed E-state index contributed by atoms with van der Waals surface area (Å²) >= 11 is 7.51. The molecule has 0 aliphatic rings. The molecule has 0 atom stereocenters. The maximum Gasteiger partial charge on any atom is 0.0636 e. The van der Waals surface area contributed by atoms with Crippen molar-refractivity contribution in [1.82, 2.24) is 0 Å². The molecular weight excluding hydrogens is 178 g/mol. The van der Waals surface area contributed by atoms with Crippen LogP contribution in [0.5, 0.6) is 0 Å². The molecule has 0 saturated carbocycles. The summed E-state index contributed by atoms with van der Waals surface area (Å²) in [6, 6.07) is 5.71. The smallest absolute Gasteiger partial charge is 0.0636 e. The number of nitrogens with two attached hydrogens (primary N) is 1. The van der Waals surface area contributed by atoms with E-state index < -0.39 is 0 Å². The number of rotatable bonds is 2. The fraction of sp³-hybridized carbons (Fsp3) is 0.250. The Balaban J connectivity index is 2.86. The molecule has 11 heavy (non-hydrogen) atoms. The predicted molar refractivity (Wildman–Crippen MR) is 52.3 cm³/mol. The van der Waals surface area contributed by atoms with Crippen LogP contribution in [0, 0.1) is 0 Å². The van der Waals surface area contributed by atoms with Gasteiger partial charge in [-0.25, -0.2) is 0 Å². The third kappa shape index (κ3) is 2.31. The molecule has 0 spiro atoms. The Morgan fingerprint density at radius 3 is 2.82 bits per heavy atom. The Labute approximate surface area is 75.9 Å². The number of halogens is 1. The van der Waals surface area contributed by atoms with E-state index >= 15 is 0 Å². The lowest BCUT2D eigenvalue weighted by atomic mass is 10.3. The van der Waals surface area contributed by atoms with Gasteiger partial charge in [0.1, 0.15) is 0 Å². The van der Waals surface area contributed by atoms with Gasteiger partial charge in [-0.15, -0.1) is 11.8 Å². The highest BCUT2D eigenvalue weighted by Gasteiger charge is 1.96. The van der Waals surface area contributed by atoms with E-state index in [-0.39, 0.29) is 0 Å². The van der Waals surface area contributed by atoms with Crippen LogP contribution in [0.25, 0.3) is 0 Å². The number of anilines is 1. The van der Waals surface area contributed by atoms with Gasteiger partial charge >= 0.3 is 0 Å². The number of benzene rings is 1. The molecule has 0 amide bonds. The van der Waals surface area contributed by atoms with Gasteiger partial charge in [0.2, 0.25) is 0 Å². The molecule has 0 aliphatic heterocycles. The van der Waals surface area contributed by atoms with E-state index in [1.54, 1.807) is 11.8 Å². The molecule has 2 N–H and O–H groups in total. The Morgan fingerprint density at radius 1 is 1.55 bits per heavy atom. The van der Waals surface area contributed by atoms with E-state index in [2.05, 4.69) is 6.92 Å². The molecule has 1 nitrogen and oxygen atoms in total. The predicted octanol–water partition coefficient (Wildman–Crippen LogP) is 3.03. The molecule has 0 unspecified atom stereocenters. The summed E-state index contributed by atoms with van der Waals surface area (Å²) in [6.07, 6.45) is 0. The largest absolute Gasteiger partial charge is 0.397 e. The molecule has 0 saturated heterocycles. The minimum Gasteiger partial charge on any atom is -0.397 e. The fourth-order valence-electron chi connectivity index (χ4n) is 0.778. The van der Waals surface area contributed by atoms with Crippen molar-refractivity contribution in [2.45, 2.75) is 11.8 Å². The van der Waals surface area contributed by atoms with Crippen LogP contribution in [0.15, 0.2) is 23.1 Å². The molecule has 0 fully saturated rings. The average Bonchev–Trinajstić information content (AvgIpc) is 1.98. The zero-order valence-corrected chi connectivity index (χ0v) is 7.88. The number of hydrogen-bond acceptors (Lipinski definition) is 2. The third-order valence-corrected chi connectivity index (χ3v) is 2.50. The topological polar surface area (TPSA) is 26.0 Å². The van der Waals surface area contributed by atoms with Crippen LogP contribution >= 0.6 is 23.4 Å². The van der Waals surface area contributed by atoms with Crippen molar-refractivity contribution in [1.29, 1.82) is 0 Å². The van der Waals surface area contributed by atoms with Crippen molar-refractivity contribution in [2.24, 2.45) is 0 Å². The van der Waals surface area contributed by atoms with Crippen LogP contribution in [0.2, 0.25) is 5.02 Å². The molecule has 1 aromatic carbocycles. The third-order valence-electron chi connectivity index (χ3n) is 1.28. The Morgan fingerprint density at radius 2 is 2.27 bits per heavy atom. The van der Waals surface area contributed by atoms with Crippen LogP contribution in [0.1, 0.15) is 6.92 Å². The van der Waals surface area contributed by atoms with E-state index in [1.807, 2.05) is 18.2 Å². The zero-order valence-electron chi connectivity index (χ0n) is 6.30. The second-order valence-corrected chi connectivity index (χ2v) is 3.86. The van der Waals surface area contributed by atoms with Gasteiger partial charge < -0.3 is 5.73 Å². The molecule has 60 valence electrons. The van der Waals surface area contributed by atoms with Crippen LogP contribution in [0.4, 0.5) is 5.69 Å². The molecule has 0 radical (unpaired) electrons. The Kier molecular flexibility index (Phi) is 3.09. The highest BCUT2D eigenvalue weighted by atomic mass is 35.5. The van der Waals surface area contributed by atoms with Crippen molar-refractivity contribution in [3.8, 4) is 0 Å². The summed E-state index contributed by atoms with van der Waals surface area (Å²) in [5, 5.41) is 0.630. The van der Waals surface area contributed by atoms with Gasteiger partial charge in [0.15, 0.2) is 0 Å². The second-order valence-electron chi connectivity index (χ2n) is 2.12. The van der Waals surface area contributed by atoms with Crippen molar-refractivity contribution in [3.05, 3.63) is 23.2 Å². The first kappa shape index (κ1) is 8.75. The van der Waals surface area contributed by atoms with Gasteiger partial charge in [0.25, 0.3) is 0 Å². The first-order chi connectivity index (χ1) is 5.24. The molecule has 1 rings (SSSR count). The maximum atomic E-state index is 5.75. The SMILES string of the molecule is CCSc1ccc(Cl)c(N)c1. The van der Waals surface area contributed by atoms with Gasteiger partial charge in [-0.1, -0.05) is 18.5 Å². The molecule has 0 aliphatic carbocycles. The van der Waals surface area contributed by atoms with E-state index in [0.29, 0.717) is 10.7 Å². The van der Waals surface area contributed by atoms with Crippen LogP contribution in [-0.4, -0.2) is 5.75 Å². The summed E-state index contributed by atoms with van der Waals surface area (Å²) in [7, 11) is 0. The van der Waals surface area contributed by atoms with Crippen LogP contribution in [-0.2, 0) is 0 Å².